The number of hydrogen-bond acceptors (Lipinski definition) is 3. The molecule has 0 aliphatic heterocycles. The third-order valence-corrected chi connectivity index (χ3v) is 2.94. The van der Waals surface area contributed by atoms with E-state index in [2.05, 4.69) is 21.8 Å². The average molecular weight is 194 g/mol. The van der Waals surface area contributed by atoms with Gasteiger partial charge in [-0.1, -0.05) is 0 Å². The summed E-state index contributed by atoms with van der Waals surface area (Å²) >= 11 is 0. The molecule has 0 aromatic carbocycles. The zero-order valence-corrected chi connectivity index (χ0v) is 8.61. The van der Waals surface area contributed by atoms with Gasteiger partial charge in [-0.05, 0) is 26.2 Å². The van der Waals surface area contributed by atoms with E-state index in [9.17, 15) is 0 Å². The Morgan fingerprint density at radius 3 is 3.14 bits per heavy atom. The molecule has 2 unspecified atom stereocenters. The van der Waals surface area contributed by atoms with Gasteiger partial charge in [0, 0.05) is 31.0 Å². The first-order valence-electron chi connectivity index (χ1n) is 5.34. The van der Waals surface area contributed by atoms with E-state index in [1.807, 2.05) is 12.4 Å². The normalized spacial score (nSPS) is 26.7. The van der Waals surface area contributed by atoms with Crippen molar-refractivity contribution in [2.24, 2.45) is 5.73 Å². The summed E-state index contributed by atoms with van der Waals surface area (Å²) in [6, 6.07) is 0.694. The SMILES string of the molecule is CCn1ccnc1NC1CCCC1N. The highest BCUT2D eigenvalue weighted by atomic mass is 15.2. The van der Waals surface area contributed by atoms with Crippen LogP contribution >= 0.6 is 0 Å². The smallest absolute Gasteiger partial charge is 0.203 e. The van der Waals surface area contributed by atoms with Crippen LogP contribution in [0.1, 0.15) is 26.2 Å². The van der Waals surface area contributed by atoms with Crippen LogP contribution in [0.25, 0.3) is 0 Å². The molecule has 4 nitrogen and oxygen atoms in total. The summed E-state index contributed by atoms with van der Waals surface area (Å²) in [7, 11) is 0. The predicted octanol–water partition coefficient (Wildman–Crippen LogP) is 1.19. The molecule has 0 bridgehead atoms. The molecule has 1 heterocycles. The highest BCUT2D eigenvalue weighted by Gasteiger charge is 2.24. The molecule has 0 amide bonds. The lowest BCUT2D eigenvalue weighted by molar-refractivity contribution is 0.624. The van der Waals surface area contributed by atoms with Crippen molar-refractivity contribution >= 4 is 5.95 Å². The third-order valence-electron chi connectivity index (χ3n) is 2.94. The van der Waals surface area contributed by atoms with E-state index in [0.29, 0.717) is 6.04 Å². The van der Waals surface area contributed by atoms with Gasteiger partial charge in [0.05, 0.1) is 0 Å². The fourth-order valence-electron chi connectivity index (χ4n) is 2.04. The summed E-state index contributed by atoms with van der Waals surface area (Å²) in [5.41, 5.74) is 5.99. The van der Waals surface area contributed by atoms with Gasteiger partial charge in [0.2, 0.25) is 5.95 Å². The van der Waals surface area contributed by atoms with Crippen LogP contribution in [0.3, 0.4) is 0 Å². The first-order chi connectivity index (χ1) is 6.81. The number of aryl methyl sites for hydroxylation is 1. The van der Waals surface area contributed by atoms with Crippen LogP contribution < -0.4 is 11.1 Å². The Hall–Kier alpha value is -1.03. The predicted molar refractivity (Wildman–Crippen MR) is 57.1 cm³/mol. The molecule has 3 N–H and O–H groups in total. The average Bonchev–Trinajstić information content (AvgIpc) is 2.77. The van der Waals surface area contributed by atoms with Crippen molar-refractivity contribution in [3.63, 3.8) is 0 Å². The molecule has 1 aromatic rings. The Balaban J connectivity index is 2.02. The lowest BCUT2D eigenvalue weighted by Gasteiger charge is -2.18. The van der Waals surface area contributed by atoms with Crippen LogP contribution in [0.4, 0.5) is 5.95 Å². The number of nitrogens with zero attached hydrogens (tertiary/aromatic N) is 2. The summed E-state index contributed by atoms with van der Waals surface area (Å²) in [6.45, 7) is 3.06. The Kier molecular flexibility index (Phi) is 2.72. The van der Waals surface area contributed by atoms with Crippen molar-refractivity contribution < 1.29 is 0 Å². The number of imidazole rings is 1. The van der Waals surface area contributed by atoms with Gasteiger partial charge in [-0.3, -0.25) is 0 Å². The van der Waals surface area contributed by atoms with Gasteiger partial charge < -0.3 is 15.6 Å². The number of rotatable bonds is 3. The third kappa shape index (κ3) is 1.75. The molecule has 1 fully saturated rings. The maximum absolute atomic E-state index is 5.99. The monoisotopic (exact) mass is 194 g/mol. The maximum atomic E-state index is 5.99. The fourth-order valence-corrected chi connectivity index (χ4v) is 2.04. The minimum absolute atomic E-state index is 0.289. The highest BCUT2D eigenvalue weighted by Crippen LogP contribution is 2.20. The van der Waals surface area contributed by atoms with Crippen LogP contribution in [-0.2, 0) is 6.54 Å². The van der Waals surface area contributed by atoms with E-state index >= 15 is 0 Å². The van der Waals surface area contributed by atoms with Gasteiger partial charge in [-0.2, -0.15) is 0 Å². The molecule has 1 saturated carbocycles. The standard InChI is InChI=1S/C10H18N4/c1-2-14-7-6-12-10(14)13-9-5-3-4-8(9)11/h6-9H,2-5,11H2,1H3,(H,12,13). The summed E-state index contributed by atoms with van der Waals surface area (Å²) in [5.74, 6) is 0.954. The van der Waals surface area contributed by atoms with E-state index in [0.717, 1.165) is 25.3 Å². The van der Waals surface area contributed by atoms with Crippen LogP contribution in [-0.4, -0.2) is 21.6 Å². The molecule has 0 spiro atoms. The Bertz CT molecular complexity index is 294. The second kappa shape index (κ2) is 4.00. The van der Waals surface area contributed by atoms with E-state index < -0.39 is 0 Å². The molecule has 1 aliphatic carbocycles. The lowest BCUT2D eigenvalue weighted by Crippen LogP contribution is -2.36. The molecule has 14 heavy (non-hydrogen) atoms. The van der Waals surface area contributed by atoms with Gasteiger partial charge in [-0.25, -0.2) is 4.98 Å². The van der Waals surface area contributed by atoms with Gasteiger partial charge in [0.1, 0.15) is 0 Å². The van der Waals surface area contributed by atoms with Crippen LogP contribution in [0, 0.1) is 0 Å². The first kappa shape index (κ1) is 9.52. The molecule has 2 rings (SSSR count). The van der Waals surface area contributed by atoms with Gasteiger partial charge >= 0.3 is 0 Å². The van der Waals surface area contributed by atoms with E-state index in [-0.39, 0.29) is 6.04 Å². The molecular weight excluding hydrogens is 176 g/mol. The van der Waals surface area contributed by atoms with Crippen LogP contribution in [0.15, 0.2) is 12.4 Å². The van der Waals surface area contributed by atoms with Gasteiger partial charge in [-0.15, -0.1) is 0 Å². The zero-order valence-electron chi connectivity index (χ0n) is 8.61. The quantitative estimate of drug-likeness (QED) is 0.760. The molecule has 1 aliphatic rings. The van der Waals surface area contributed by atoms with Crippen molar-refractivity contribution in [2.75, 3.05) is 5.32 Å². The van der Waals surface area contributed by atoms with Crippen molar-refractivity contribution in [3.05, 3.63) is 12.4 Å². The molecule has 1 aromatic heterocycles. The Labute approximate surface area is 84.5 Å². The topological polar surface area (TPSA) is 55.9 Å². The van der Waals surface area contributed by atoms with Gasteiger partial charge in [0.15, 0.2) is 0 Å². The molecule has 4 heteroatoms. The van der Waals surface area contributed by atoms with E-state index in [4.69, 9.17) is 5.73 Å². The number of nitrogens with two attached hydrogens (primary N) is 1. The highest BCUT2D eigenvalue weighted by molar-refractivity contribution is 5.28. The van der Waals surface area contributed by atoms with Crippen molar-refractivity contribution in [3.8, 4) is 0 Å². The van der Waals surface area contributed by atoms with Crippen molar-refractivity contribution in [1.82, 2.24) is 9.55 Å². The second-order valence-electron chi connectivity index (χ2n) is 3.88. The van der Waals surface area contributed by atoms with Crippen LogP contribution in [0.2, 0.25) is 0 Å². The first-order valence-corrected chi connectivity index (χ1v) is 5.34. The summed E-state index contributed by atoms with van der Waals surface area (Å²) < 4.78 is 2.10. The number of nitrogens with one attached hydrogen (secondary N) is 1. The molecule has 0 saturated heterocycles. The summed E-state index contributed by atoms with van der Waals surface area (Å²) in [4.78, 5) is 4.28. The van der Waals surface area contributed by atoms with Gasteiger partial charge in [0.25, 0.3) is 0 Å². The minimum Gasteiger partial charge on any atom is -0.351 e. The fraction of sp³-hybridized carbons (Fsp3) is 0.700. The zero-order chi connectivity index (χ0) is 9.97. The maximum Gasteiger partial charge on any atom is 0.203 e. The number of anilines is 1. The van der Waals surface area contributed by atoms with Crippen LogP contribution in [0.5, 0.6) is 0 Å². The molecular formula is C10H18N4. The van der Waals surface area contributed by atoms with E-state index in [1.165, 1.54) is 6.42 Å². The summed E-state index contributed by atoms with van der Waals surface area (Å²) in [6.07, 6.45) is 7.34. The van der Waals surface area contributed by atoms with Crippen molar-refractivity contribution in [1.29, 1.82) is 0 Å². The molecule has 0 radical (unpaired) electrons. The Morgan fingerprint density at radius 2 is 2.50 bits per heavy atom. The number of aromatic nitrogens is 2. The lowest BCUT2D eigenvalue weighted by atomic mass is 10.2. The summed E-state index contributed by atoms with van der Waals surface area (Å²) in [5, 5.41) is 3.42. The Morgan fingerprint density at radius 1 is 1.64 bits per heavy atom. The minimum atomic E-state index is 0.289. The molecule has 2 atom stereocenters. The number of hydrogen-bond donors (Lipinski definition) is 2. The van der Waals surface area contributed by atoms with E-state index in [1.54, 1.807) is 0 Å². The molecule has 78 valence electrons. The van der Waals surface area contributed by atoms with Crippen molar-refractivity contribution in [2.45, 2.75) is 44.8 Å². The second-order valence-corrected chi connectivity index (χ2v) is 3.88. The largest absolute Gasteiger partial charge is 0.351 e.